The molecule has 0 aliphatic rings. The number of nitrogens with zero attached hydrogens (tertiary/aromatic N) is 1. The Kier molecular flexibility index (Phi) is 10.9. The normalized spacial score (nSPS) is 12.8. The molecule has 0 fully saturated rings. The number of nitrogens with one attached hydrogen (secondary N) is 2. The number of alkyl halides is 3. The highest BCUT2D eigenvalue weighted by Crippen LogP contribution is 2.23. The number of halogens is 4. The first-order valence-electron chi connectivity index (χ1n) is 8.89. The van der Waals surface area contributed by atoms with Gasteiger partial charge in [-0.2, -0.15) is 0 Å². The summed E-state index contributed by atoms with van der Waals surface area (Å²) in [5, 5.41) is 15.9. The Hall–Kier alpha value is -1.95. The van der Waals surface area contributed by atoms with E-state index in [0.29, 0.717) is 32.0 Å². The van der Waals surface area contributed by atoms with E-state index in [1.165, 1.54) is 12.1 Å². The lowest BCUT2D eigenvalue weighted by atomic mass is 10.00. The predicted molar refractivity (Wildman–Crippen MR) is 114 cm³/mol. The number of ether oxygens (including phenoxy) is 1. The van der Waals surface area contributed by atoms with Crippen molar-refractivity contribution in [3.63, 3.8) is 0 Å². The molecular formula is C19H25F3IN3O3. The third kappa shape index (κ3) is 9.88. The largest absolute Gasteiger partial charge is 0.573 e. The molecule has 0 radical (unpaired) electrons. The molecule has 6 nitrogen and oxygen atoms in total. The number of aliphatic hydroxyl groups is 1. The Labute approximate surface area is 184 Å². The van der Waals surface area contributed by atoms with Crippen molar-refractivity contribution in [1.29, 1.82) is 0 Å². The molecule has 162 valence electrons. The highest BCUT2D eigenvalue weighted by molar-refractivity contribution is 14.0. The van der Waals surface area contributed by atoms with Crippen LogP contribution in [-0.2, 0) is 13.0 Å². The topological polar surface area (TPSA) is 79.0 Å². The molecule has 3 N–H and O–H groups in total. The van der Waals surface area contributed by atoms with Crippen LogP contribution in [0, 0.1) is 5.92 Å². The molecule has 1 aromatic carbocycles. The van der Waals surface area contributed by atoms with Crippen molar-refractivity contribution >= 4 is 29.9 Å². The molecule has 1 aromatic heterocycles. The van der Waals surface area contributed by atoms with Crippen LogP contribution in [0.1, 0.15) is 18.2 Å². The Bertz CT molecular complexity index is 723. The van der Waals surface area contributed by atoms with Gasteiger partial charge in [0.15, 0.2) is 5.96 Å². The van der Waals surface area contributed by atoms with E-state index in [1.54, 1.807) is 24.5 Å². The van der Waals surface area contributed by atoms with Crippen LogP contribution in [0.5, 0.6) is 5.75 Å². The monoisotopic (exact) mass is 527 g/mol. The van der Waals surface area contributed by atoms with E-state index in [9.17, 15) is 18.3 Å². The highest BCUT2D eigenvalue weighted by atomic mass is 127. The van der Waals surface area contributed by atoms with Crippen molar-refractivity contribution in [3.8, 4) is 5.75 Å². The molecule has 1 unspecified atom stereocenters. The molecule has 0 saturated heterocycles. The zero-order chi connectivity index (χ0) is 20.4. The fraction of sp³-hybridized carbons (Fsp3) is 0.421. The first-order valence-corrected chi connectivity index (χ1v) is 8.89. The fourth-order valence-corrected chi connectivity index (χ4v) is 2.50. The van der Waals surface area contributed by atoms with Crippen LogP contribution in [0.2, 0.25) is 0 Å². The van der Waals surface area contributed by atoms with Crippen LogP contribution < -0.4 is 15.4 Å². The van der Waals surface area contributed by atoms with Gasteiger partial charge in [-0.15, -0.1) is 37.1 Å². The summed E-state index contributed by atoms with van der Waals surface area (Å²) in [5.41, 5.74) is 0.799. The molecule has 0 saturated carbocycles. The molecule has 0 amide bonds. The lowest BCUT2D eigenvalue weighted by molar-refractivity contribution is -0.274. The third-order valence-electron chi connectivity index (χ3n) is 3.82. The lowest BCUT2D eigenvalue weighted by Crippen LogP contribution is -2.40. The van der Waals surface area contributed by atoms with E-state index in [2.05, 4.69) is 20.4 Å². The van der Waals surface area contributed by atoms with Gasteiger partial charge in [-0.05, 0) is 43.2 Å². The molecular weight excluding hydrogens is 502 g/mol. The number of hydrogen-bond donors (Lipinski definition) is 3. The summed E-state index contributed by atoms with van der Waals surface area (Å²) in [6.45, 7) is 3.37. The average molecular weight is 527 g/mol. The standard InChI is InChI=1S/C19H24F3N3O3.HI/c1-2-23-18(25-12-17-4-3-9-27-17)24-11-15(13-26)10-14-5-7-16(8-6-14)28-19(20,21)22;/h3-9,15,26H,2,10-13H2,1H3,(H2,23,24,25);1H. The maximum Gasteiger partial charge on any atom is 0.573 e. The van der Waals surface area contributed by atoms with Crippen molar-refractivity contribution < 1.29 is 27.4 Å². The van der Waals surface area contributed by atoms with E-state index < -0.39 is 6.36 Å². The zero-order valence-electron chi connectivity index (χ0n) is 15.9. The summed E-state index contributed by atoms with van der Waals surface area (Å²) in [6, 6.07) is 9.26. The van der Waals surface area contributed by atoms with E-state index in [0.717, 1.165) is 11.3 Å². The van der Waals surface area contributed by atoms with Crippen molar-refractivity contribution in [2.75, 3.05) is 19.7 Å². The van der Waals surface area contributed by atoms with Gasteiger partial charge in [0, 0.05) is 25.6 Å². The van der Waals surface area contributed by atoms with E-state index in [-0.39, 0.29) is 42.3 Å². The first-order chi connectivity index (χ1) is 13.4. The van der Waals surface area contributed by atoms with E-state index >= 15 is 0 Å². The number of benzene rings is 1. The predicted octanol–water partition coefficient (Wildman–Crippen LogP) is 3.70. The Morgan fingerprint density at radius 2 is 1.93 bits per heavy atom. The minimum atomic E-state index is -4.71. The SMILES string of the molecule is CCNC(=NCc1ccco1)NCC(CO)Cc1ccc(OC(F)(F)F)cc1.I. The summed E-state index contributed by atoms with van der Waals surface area (Å²) in [5.74, 6) is 0.916. The Morgan fingerprint density at radius 3 is 2.48 bits per heavy atom. The second-order valence-electron chi connectivity index (χ2n) is 6.10. The van der Waals surface area contributed by atoms with Gasteiger partial charge >= 0.3 is 6.36 Å². The van der Waals surface area contributed by atoms with Crippen LogP contribution in [0.25, 0.3) is 0 Å². The highest BCUT2D eigenvalue weighted by Gasteiger charge is 2.30. The molecule has 0 aliphatic heterocycles. The Morgan fingerprint density at radius 1 is 1.21 bits per heavy atom. The molecule has 0 bridgehead atoms. The molecule has 1 heterocycles. The number of aliphatic hydroxyl groups excluding tert-OH is 1. The quantitative estimate of drug-likeness (QED) is 0.264. The Balaban J connectivity index is 0.00000420. The molecule has 29 heavy (non-hydrogen) atoms. The van der Waals surface area contributed by atoms with Gasteiger partial charge in [-0.25, -0.2) is 4.99 Å². The van der Waals surface area contributed by atoms with Crippen LogP contribution >= 0.6 is 24.0 Å². The van der Waals surface area contributed by atoms with Crippen molar-refractivity contribution in [2.24, 2.45) is 10.9 Å². The maximum atomic E-state index is 12.2. The molecule has 2 aromatic rings. The van der Waals surface area contributed by atoms with Crippen molar-refractivity contribution in [1.82, 2.24) is 10.6 Å². The number of rotatable bonds is 9. The average Bonchev–Trinajstić information content (AvgIpc) is 3.16. The molecule has 1 atom stereocenters. The minimum absolute atomic E-state index is 0. The second kappa shape index (κ2) is 12.6. The van der Waals surface area contributed by atoms with Gasteiger partial charge in [-0.1, -0.05) is 12.1 Å². The molecule has 0 aliphatic carbocycles. The van der Waals surface area contributed by atoms with Crippen LogP contribution in [0.4, 0.5) is 13.2 Å². The van der Waals surface area contributed by atoms with E-state index in [4.69, 9.17) is 4.42 Å². The zero-order valence-corrected chi connectivity index (χ0v) is 18.2. The van der Waals surface area contributed by atoms with Crippen molar-refractivity contribution in [3.05, 3.63) is 54.0 Å². The van der Waals surface area contributed by atoms with E-state index in [1.807, 2.05) is 13.0 Å². The van der Waals surface area contributed by atoms with Gasteiger partial charge in [-0.3, -0.25) is 0 Å². The van der Waals surface area contributed by atoms with Crippen LogP contribution in [0.3, 0.4) is 0 Å². The summed E-state index contributed by atoms with van der Waals surface area (Å²) in [6.07, 6.45) is -2.64. The molecule has 2 rings (SSSR count). The number of hydrogen-bond acceptors (Lipinski definition) is 4. The first kappa shape index (κ1) is 25.1. The lowest BCUT2D eigenvalue weighted by Gasteiger charge is -2.18. The molecule has 10 heteroatoms. The van der Waals surface area contributed by atoms with Gasteiger partial charge in [0.2, 0.25) is 0 Å². The fourth-order valence-electron chi connectivity index (χ4n) is 2.50. The van der Waals surface area contributed by atoms with Gasteiger partial charge in [0.1, 0.15) is 18.1 Å². The minimum Gasteiger partial charge on any atom is -0.467 e. The second-order valence-corrected chi connectivity index (χ2v) is 6.10. The maximum absolute atomic E-state index is 12.2. The van der Waals surface area contributed by atoms with Gasteiger partial charge in [0.25, 0.3) is 0 Å². The summed E-state index contributed by atoms with van der Waals surface area (Å²) < 4.78 is 45.7. The van der Waals surface area contributed by atoms with Crippen LogP contribution in [0.15, 0.2) is 52.1 Å². The summed E-state index contributed by atoms with van der Waals surface area (Å²) >= 11 is 0. The number of aliphatic imine (C=N–C) groups is 1. The molecule has 0 spiro atoms. The third-order valence-corrected chi connectivity index (χ3v) is 3.82. The smallest absolute Gasteiger partial charge is 0.467 e. The van der Waals surface area contributed by atoms with Crippen LogP contribution in [-0.4, -0.2) is 37.1 Å². The van der Waals surface area contributed by atoms with Crippen molar-refractivity contribution in [2.45, 2.75) is 26.3 Å². The number of guanidine groups is 1. The van der Waals surface area contributed by atoms with Gasteiger partial charge in [0.05, 0.1) is 6.26 Å². The number of furan rings is 1. The van der Waals surface area contributed by atoms with Gasteiger partial charge < -0.3 is 24.9 Å². The summed E-state index contributed by atoms with van der Waals surface area (Å²) in [7, 11) is 0. The summed E-state index contributed by atoms with van der Waals surface area (Å²) in [4.78, 5) is 4.41.